The van der Waals surface area contributed by atoms with Gasteiger partial charge in [-0.1, -0.05) is 60.7 Å². The van der Waals surface area contributed by atoms with Crippen molar-refractivity contribution in [2.75, 3.05) is 0 Å². The van der Waals surface area contributed by atoms with E-state index < -0.39 is 0 Å². The summed E-state index contributed by atoms with van der Waals surface area (Å²) in [5.41, 5.74) is 7.82. The van der Waals surface area contributed by atoms with Gasteiger partial charge in [-0.15, -0.1) is 27.7 Å². The highest BCUT2D eigenvalue weighted by Crippen LogP contribution is 2.28. The number of hydrogen-bond acceptors (Lipinski definition) is 0. The van der Waals surface area contributed by atoms with Gasteiger partial charge in [0.25, 0.3) is 0 Å². The molecule has 3 rings (SSSR count). The van der Waals surface area contributed by atoms with Crippen molar-refractivity contribution >= 4 is 33.0 Å². The minimum atomic E-state index is 0.987. The van der Waals surface area contributed by atoms with Gasteiger partial charge in [0.1, 0.15) is 0 Å². The molecule has 3 aromatic rings. The first-order valence-corrected chi connectivity index (χ1v) is 9.90. The minimum absolute atomic E-state index is 0.987. The summed E-state index contributed by atoms with van der Waals surface area (Å²) in [6.45, 7) is 0. The van der Waals surface area contributed by atoms with Crippen molar-refractivity contribution in [3.8, 4) is 22.3 Å². The van der Waals surface area contributed by atoms with Crippen molar-refractivity contribution in [2.24, 2.45) is 0 Å². The van der Waals surface area contributed by atoms with Gasteiger partial charge in [-0.25, -0.2) is 0 Å². The van der Waals surface area contributed by atoms with Crippen LogP contribution in [0.3, 0.4) is 0 Å². The average Bonchev–Trinajstić information content (AvgIpc) is 2.62. The smallest absolute Gasteiger partial charge is 0.0128 e. The molecular weight excluding hydrogens is 333 g/mol. The van der Waals surface area contributed by atoms with Crippen LogP contribution in [0.5, 0.6) is 0 Å². The Morgan fingerprint density at radius 2 is 1.13 bits per heavy atom. The van der Waals surface area contributed by atoms with Crippen LogP contribution in [0.4, 0.5) is 0 Å². The summed E-state index contributed by atoms with van der Waals surface area (Å²) in [4.78, 5) is 0. The molecule has 0 bridgehead atoms. The first-order valence-electron chi connectivity index (χ1n) is 7.69. The van der Waals surface area contributed by atoms with Crippen LogP contribution in [0, 0.1) is 0 Å². The fourth-order valence-electron chi connectivity index (χ4n) is 2.72. The van der Waals surface area contributed by atoms with Crippen LogP contribution in [0.2, 0.25) is 0 Å². The van der Waals surface area contributed by atoms with E-state index in [2.05, 4.69) is 94.4 Å². The first-order chi connectivity index (χ1) is 11.2. The van der Waals surface area contributed by atoms with E-state index in [0.29, 0.717) is 0 Å². The largest absolute Gasteiger partial charge is 0.133 e. The standard InChI is InChI=1S/C20H21P3/c21-12-14-8-15(13-22)10-19(9-14)18-3-1-2-17(11-18)16-4-6-20(23)7-5-16/h1-11H,12-13,21-23H2. The van der Waals surface area contributed by atoms with E-state index in [-0.39, 0.29) is 0 Å². The van der Waals surface area contributed by atoms with Crippen LogP contribution in [0.25, 0.3) is 22.3 Å². The second kappa shape index (κ2) is 7.68. The highest BCUT2D eigenvalue weighted by atomic mass is 31.0. The third kappa shape index (κ3) is 4.08. The van der Waals surface area contributed by atoms with Gasteiger partial charge >= 0.3 is 0 Å². The maximum atomic E-state index is 2.82. The lowest BCUT2D eigenvalue weighted by Gasteiger charge is -2.10. The fraction of sp³-hybridized carbons (Fsp3) is 0.100. The summed E-state index contributed by atoms with van der Waals surface area (Å²) in [7, 11) is 8.37. The molecule has 0 nitrogen and oxygen atoms in total. The van der Waals surface area contributed by atoms with Gasteiger partial charge in [0.15, 0.2) is 0 Å². The fourth-order valence-corrected chi connectivity index (χ4v) is 3.38. The second-order valence-corrected chi connectivity index (χ2v) is 7.13. The van der Waals surface area contributed by atoms with E-state index in [1.807, 2.05) is 0 Å². The van der Waals surface area contributed by atoms with Crippen molar-refractivity contribution in [3.05, 3.63) is 77.9 Å². The van der Waals surface area contributed by atoms with Gasteiger partial charge in [-0.2, -0.15) is 0 Å². The molecule has 0 aliphatic heterocycles. The molecule has 3 aromatic carbocycles. The van der Waals surface area contributed by atoms with Crippen LogP contribution < -0.4 is 5.30 Å². The minimum Gasteiger partial charge on any atom is -0.133 e. The van der Waals surface area contributed by atoms with E-state index in [4.69, 9.17) is 0 Å². The number of benzene rings is 3. The molecule has 0 aromatic heterocycles. The van der Waals surface area contributed by atoms with Gasteiger partial charge in [0.05, 0.1) is 0 Å². The summed E-state index contributed by atoms with van der Waals surface area (Å²) < 4.78 is 0. The lowest BCUT2D eigenvalue weighted by atomic mass is 9.97. The molecule has 0 aliphatic rings. The van der Waals surface area contributed by atoms with E-state index in [1.165, 1.54) is 38.7 Å². The van der Waals surface area contributed by atoms with Gasteiger partial charge < -0.3 is 0 Å². The SMILES string of the molecule is PCc1cc(CP)cc(-c2cccc(-c3ccc(P)cc3)c2)c1. The number of hydrogen-bond donors (Lipinski definition) is 0. The topological polar surface area (TPSA) is 0 Å². The van der Waals surface area contributed by atoms with E-state index in [9.17, 15) is 0 Å². The summed E-state index contributed by atoms with van der Waals surface area (Å²) >= 11 is 0. The molecule has 0 N–H and O–H groups in total. The average molecular weight is 354 g/mol. The molecule has 23 heavy (non-hydrogen) atoms. The predicted octanol–water partition coefficient (Wildman–Crippen LogP) is 5.27. The molecule has 0 radical (unpaired) electrons. The zero-order chi connectivity index (χ0) is 16.2. The predicted molar refractivity (Wildman–Crippen MR) is 113 cm³/mol. The Bertz CT molecular complexity index is 785. The van der Waals surface area contributed by atoms with E-state index in [1.54, 1.807) is 0 Å². The van der Waals surface area contributed by atoms with Crippen LogP contribution in [0.1, 0.15) is 11.1 Å². The first kappa shape index (κ1) is 16.8. The Labute approximate surface area is 145 Å². The third-order valence-electron chi connectivity index (χ3n) is 3.96. The van der Waals surface area contributed by atoms with Crippen LogP contribution >= 0.6 is 27.7 Å². The Balaban J connectivity index is 2.04. The van der Waals surface area contributed by atoms with Gasteiger partial charge in [-0.05, 0) is 57.1 Å². The lowest BCUT2D eigenvalue weighted by Crippen LogP contribution is -1.89. The van der Waals surface area contributed by atoms with Crippen molar-refractivity contribution in [1.29, 1.82) is 0 Å². The van der Waals surface area contributed by atoms with Gasteiger partial charge in [0, 0.05) is 0 Å². The van der Waals surface area contributed by atoms with Crippen LogP contribution in [-0.4, -0.2) is 0 Å². The highest BCUT2D eigenvalue weighted by Gasteiger charge is 2.04. The molecule has 0 saturated carbocycles. The monoisotopic (exact) mass is 354 g/mol. The summed E-state index contributed by atoms with van der Waals surface area (Å²) in [6, 6.07) is 24.3. The maximum absolute atomic E-state index is 2.82. The molecule has 0 spiro atoms. The van der Waals surface area contributed by atoms with Crippen molar-refractivity contribution in [1.82, 2.24) is 0 Å². The molecule has 3 heteroatoms. The van der Waals surface area contributed by atoms with Crippen molar-refractivity contribution in [3.63, 3.8) is 0 Å². The van der Waals surface area contributed by atoms with E-state index in [0.717, 1.165) is 12.3 Å². The Hall–Kier alpha value is -1.05. The van der Waals surface area contributed by atoms with Gasteiger partial charge in [0.2, 0.25) is 0 Å². The molecule has 3 unspecified atom stereocenters. The van der Waals surface area contributed by atoms with Crippen molar-refractivity contribution in [2.45, 2.75) is 12.3 Å². The molecule has 0 amide bonds. The van der Waals surface area contributed by atoms with Crippen molar-refractivity contribution < 1.29 is 0 Å². The highest BCUT2D eigenvalue weighted by molar-refractivity contribution is 7.27. The normalized spacial score (nSPS) is 10.7. The molecular formula is C20H21P3. The third-order valence-corrected chi connectivity index (χ3v) is 5.29. The molecule has 116 valence electrons. The molecule has 0 saturated heterocycles. The van der Waals surface area contributed by atoms with Crippen LogP contribution in [-0.2, 0) is 12.3 Å². The Kier molecular flexibility index (Phi) is 5.61. The summed E-state index contributed by atoms with van der Waals surface area (Å²) in [6.07, 6.45) is 1.97. The van der Waals surface area contributed by atoms with Gasteiger partial charge in [-0.3, -0.25) is 0 Å². The summed E-state index contributed by atoms with van der Waals surface area (Å²) in [5.74, 6) is 0. The molecule has 3 atom stereocenters. The zero-order valence-electron chi connectivity index (χ0n) is 13.0. The Morgan fingerprint density at radius 3 is 1.70 bits per heavy atom. The van der Waals surface area contributed by atoms with Crippen LogP contribution in [0.15, 0.2) is 66.7 Å². The maximum Gasteiger partial charge on any atom is -0.0128 e. The summed E-state index contributed by atoms with van der Waals surface area (Å²) in [5, 5.41) is 1.21. The quantitative estimate of drug-likeness (QED) is 0.560. The van der Waals surface area contributed by atoms with E-state index >= 15 is 0 Å². The molecule has 0 fully saturated rings. The Morgan fingerprint density at radius 1 is 0.565 bits per heavy atom. The molecule has 0 heterocycles. The lowest BCUT2D eigenvalue weighted by molar-refractivity contribution is 1.33. The molecule has 0 aliphatic carbocycles. The zero-order valence-corrected chi connectivity index (χ0v) is 16.5. The number of rotatable bonds is 4. The second-order valence-electron chi connectivity index (χ2n) is 5.65.